The average molecular weight is 449 g/mol. The smallest absolute Gasteiger partial charge is 0.339 e. The van der Waals surface area contributed by atoms with Gasteiger partial charge in [-0.3, -0.25) is 9.78 Å². The van der Waals surface area contributed by atoms with Crippen LogP contribution in [0.15, 0.2) is 82.2 Å². The predicted octanol–water partition coefficient (Wildman–Crippen LogP) is 3.23. The molecule has 160 valence electrons. The van der Waals surface area contributed by atoms with Gasteiger partial charge in [0.1, 0.15) is 5.69 Å². The number of hydrogen-bond donors (Lipinski definition) is 1. The van der Waals surface area contributed by atoms with Crippen LogP contribution in [-0.4, -0.2) is 30.1 Å². The van der Waals surface area contributed by atoms with Crippen molar-refractivity contribution in [2.45, 2.75) is 23.3 Å². The van der Waals surface area contributed by atoms with Crippen molar-refractivity contribution in [3.63, 3.8) is 0 Å². The number of pyridine rings is 1. The highest BCUT2D eigenvalue weighted by atomic mass is 32.2. The van der Waals surface area contributed by atoms with E-state index in [0.29, 0.717) is 6.54 Å². The van der Waals surface area contributed by atoms with E-state index < -0.39 is 27.8 Å². The van der Waals surface area contributed by atoms with Gasteiger partial charge in [-0.2, -0.15) is 13.2 Å². The Hall–Kier alpha value is -3.54. The summed E-state index contributed by atoms with van der Waals surface area (Å²) < 4.78 is 67.8. The van der Waals surface area contributed by atoms with Crippen LogP contribution in [0, 0.1) is 0 Å². The largest absolute Gasteiger partial charge is 0.442 e. The molecule has 31 heavy (non-hydrogen) atoms. The van der Waals surface area contributed by atoms with E-state index in [1.54, 1.807) is 41.4 Å². The molecule has 0 spiro atoms. The molecule has 0 unspecified atom stereocenters. The van der Waals surface area contributed by atoms with Crippen LogP contribution in [0.25, 0.3) is 0 Å². The highest BCUT2D eigenvalue weighted by molar-refractivity contribution is 7.90. The molecule has 0 saturated heterocycles. The van der Waals surface area contributed by atoms with E-state index in [-0.39, 0.29) is 16.2 Å². The monoisotopic (exact) mass is 449 g/mol. The van der Waals surface area contributed by atoms with Gasteiger partial charge >= 0.3 is 11.8 Å². The van der Waals surface area contributed by atoms with Crippen LogP contribution in [0.1, 0.15) is 21.6 Å². The van der Waals surface area contributed by atoms with E-state index in [1.807, 2.05) is 4.72 Å². The maximum Gasteiger partial charge on any atom is 0.442 e. The maximum absolute atomic E-state index is 13.1. The van der Waals surface area contributed by atoms with E-state index >= 15 is 0 Å². The van der Waals surface area contributed by atoms with E-state index in [2.05, 4.69) is 15.2 Å². The van der Waals surface area contributed by atoms with Crippen molar-refractivity contribution < 1.29 is 26.4 Å². The number of nitrogens with zero attached hydrogens (tertiary/aromatic N) is 4. The number of aromatic nitrogens is 2. The van der Waals surface area contributed by atoms with Crippen molar-refractivity contribution in [2.75, 3.05) is 0 Å². The number of amides is 1. The van der Waals surface area contributed by atoms with Crippen molar-refractivity contribution in [3.05, 3.63) is 83.9 Å². The first-order valence-electron chi connectivity index (χ1n) is 8.85. The Morgan fingerprint density at radius 3 is 2.35 bits per heavy atom. The minimum absolute atomic E-state index is 0.0932. The summed E-state index contributed by atoms with van der Waals surface area (Å²) >= 11 is 0. The van der Waals surface area contributed by atoms with Crippen LogP contribution in [0.4, 0.5) is 13.2 Å². The fourth-order valence-corrected chi connectivity index (χ4v) is 3.95. The second kappa shape index (κ2) is 7.30. The lowest BCUT2D eigenvalue weighted by Crippen LogP contribution is -2.32. The Bertz CT molecular complexity index is 1250. The third-order valence-corrected chi connectivity index (χ3v) is 5.97. The lowest BCUT2D eigenvalue weighted by molar-refractivity contribution is -0.166. The van der Waals surface area contributed by atoms with E-state index in [0.717, 1.165) is 29.8 Å². The number of halogens is 3. The normalized spacial score (nSPS) is 14.9. The van der Waals surface area contributed by atoms with Gasteiger partial charge < -0.3 is 4.57 Å². The number of nitrogens with one attached hydrogen (secondary N) is 1. The first-order valence-corrected chi connectivity index (χ1v) is 10.3. The van der Waals surface area contributed by atoms with Crippen molar-refractivity contribution in [1.82, 2.24) is 14.3 Å². The number of alkyl halides is 3. The Balaban J connectivity index is 1.51. The van der Waals surface area contributed by atoms with Gasteiger partial charge in [0.25, 0.3) is 15.9 Å². The molecule has 1 aliphatic heterocycles. The van der Waals surface area contributed by atoms with Gasteiger partial charge in [0.05, 0.1) is 4.90 Å². The van der Waals surface area contributed by atoms with Crippen molar-refractivity contribution in [2.24, 2.45) is 10.2 Å². The molecule has 0 radical (unpaired) electrons. The van der Waals surface area contributed by atoms with Crippen molar-refractivity contribution in [3.8, 4) is 0 Å². The molecule has 0 fully saturated rings. The highest BCUT2D eigenvalue weighted by Gasteiger charge is 2.65. The SMILES string of the molecule is O=C(NS(=O)(=O)c1ccc(C2(C(F)(F)F)N=N2)cc1)c1cccn1Cc1cccnc1. The summed E-state index contributed by atoms with van der Waals surface area (Å²) in [4.78, 5) is 16.2. The molecule has 0 atom stereocenters. The molecule has 0 bridgehead atoms. The van der Waals surface area contributed by atoms with Crippen molar-refractivity contribution in [1.29, 1.82) is 0 Å². The molecule has 1 amide bonds. The molecule has 3 aromatic rings. The van der Waals surface area contributed by atoms with Gasteiger partial charge in [0.15, 0.2) is 0 Å². The summed E-state index contributed by atoms with van der Waals surface area (Å²) in [5.74, 6) is -0.878. The van der Waals surface area contributed by atoms with Crippen LogP contribution in [-0.2, 0) is 22.2 Å². The minimum Gasteiger partial charge on any atom is -0.339 e. The zero-order valence-corrected chi connectivity index (χ0v) is 16.4. The number of carbonyl (C=O) groups excluding carboxylic acids is 1. The second-order valence-electron chi connectivity index (χ2n) is 6.71. The fraction of sp³-hybridized carbons (Fsp3) is 0.158. The number of hydrogen-bond acceptors (Lipinski definition) is 6. The molecular weight excluding hydrogens is 435 g/mol. The van der Waals surface area contributed by atoms with E-state index in [1.165, 1.54) is 6.07 Å². The van der Waals surface area contributed by atoms with Crippen LogP contribution in [0.5, 0.6) is 0 Å². The summed E-state index contributed by atoms with van der Waals surface area (Å²) in [6.45, 7) is 0.296. The fourth-order valence-electron chi connectivity index (χ4n) is 2.99. The quantitative estimate of drug-likeness (QED) is 0.624. The molecule has 12 heteroatoms. The molecule has 0 saturated carbocycles. The van der Waals surface area contributed by atoms with Gasteiger partial charge in [-0.25, -0.2) is 13.1 Å². The molecule has 8 nitrogen and oxygen atoms in total. The molecule has 1 aliphatic rings. The van der Waals surface area contributed by atoms with Crippen molar-refractivity contribution >= 4 is 15.9 Å². The maximum atomic E-state index is 13.1. The van der Waals surface area contributed by atoms with Crippen LogP contribution >= 0.6 is 0 Å². The third kappa shape index (κ3) is 3.93. The van der Waals surface area contributed by atoms with Gasteiger partial charge in [-0.15, -0.1) is 10.2 Å². The lowest BCUT2D eigenvalue weighted by atomic mass is 10.0. The summed E-state index contributed by atoms with van der Waals surface area (Å²) in [6, 6.07) is 10.5. The zero-order valence-electron chi connectivity index (χ0n) is 15.6. The van der Waals surface area contributed by atoms with Crippen LogP contribution in [0.3, 0.4) is 0 Å². The third-order valence-electron chi connectivity index (χ3n) is 4.63. The Morgan fingerprint density at radius 2 is 1.77 bits per heavy atom. The number of rotatable bonds is 6. The number of sulfonamides is 1. The minimum atomic E-state index is -4.72. The lowest BCUT2D eigenvalue weighted by Gasteiger charge is -2.15. The molecule has 3 heterocycles. The van der Waals surface area contributed by atoms with Gasteiger partial charge in [-0.05, 0) is 35.9 Å². The first-order chi connectivity index (χ1) is 14.6. The van der Waals surface area contributed by atoms with Crippen LogP contribution < -0.4 is 4.72 Å². The molecule has 0 aliphatic carbocycles. The molecule has 1 N–H and O–H groups in total. The van der Waals surface area contributed by atoms with Gasteiger partial charge in [0, 0.05) is 30.7 Å². The number of benzene rings is 1. The summed E-state index contributed by atoms with van der Waals surface area (Å²) in [5.41, 5.74) is -2.06. The van der Waals surface area contributed by atoms with Crippen LogP contribution in [0.2, 0.25) is 0 Å². The standard InChI is InChI=1S/C19H14F3N5O3S/c20-19(21,22)18(25-26-18)14-5-7-15(8-6-14)31(29,30)24-17(28)16-4-2-10-27(16)12-13-3-1-9-23-11-13/h1-11H,12H2,(H,24,28). The second-order valence-corrected chi connectivity index (χ2v) is 8.39. The summed E-state index contributed by atoms with van der Waals surface area (Å²) in [5, 5.41) is 6.13. The van der Waals surface area contributed by atoms with Gasteiger partial charge in [0.2, 0.25) is 0 Å². The number of carbonyl (C=O) groups is 1. The molecular formula is C19H14F3N5O3S. The summed E-state index contributed by atoms with van der Waals surface area (Å²) in [6.07, 6.45) is 0.114. The zero-order chi connectivity index (χ0) is 22.3. The Morgan fingerprint density at radius 1 is 1.06 bits per heavy atom. The van der Waals surface area contributed by atoms with E-state index in [4.69, 9.17) is 0 Å². The Kier molecular flexibility index (Phi) is 4.88. The average Bonchev–Trinajstić information content (AvgIpc) is 3.43. The first kappa shape index (κ1) is 20.7. The molecule has 2 aromatic heterocycles. The molecule has 1 aromatic carbocycles. The van der Waals surface area contributed by atoms with E-state index in [9.17, 15) is 26.4 Å². The highest BCUT2D eigenvalue weighted by Crippen LogP contribution is 2.52. The van der Waals surface area contributed by atoms with Gasteiger partial charge in [-0.1, -0.05) is 18.2 Å². The topological polar surface area (TPSA) is 106 Å². The predicted molar refractivity (Wildman–Crippen MR) is 101 cm³/mol. The Labute approximate surface area is 174 Å². The summed E-state index contributed by atoms with van der Waals surface area (Å²) in [7, 11) is -4.32. The molecule has 4 rings (SSSR count).